The summed E-state index contributed by atoms with van der Waals surface area (Å²) in [7, 11) is 1.15. The van der Waals surface area contributed by atoms with Gasteiger partial charge in [0.15, 0.2) is 0 Å². The van der Waals surface area contributed by atoms with Crippen LogP contribution in [0.5, 0.6) is 0 Å². The Morgan fingerprint density at radius 3 is 2.79 bits per heavy atom. The van der Waals surface area contributed by atoms with Crippen LogP contribution in [0.3, 0.4) is 0 Å². The maximum Gasteiger partial charge on any atom is 0.382 e. The lowest BCUT2D eigenvalue weighted by molar-refractivity contribution is -0.389. The fourth-order valence-electron chi connectivity index (χ4n) is 0.786. The second-order valence-electron chi connectivity index (χ2n) is 2.28. The Bertz CT molecular complexity index is 393. The number of hydrogen-bond acceptors (Lipinski definition) is 5. The van der Waals surface area contributed by atoms with E-state index in [9.17, 15) is 14.9 Å². The van der Waals surface area contributed by atoms with Crippen LogP contribution in [-0.4, -0.2) is 23.0 Å². The molecule has 74 valence electrons. The van der Waals surface area contributed by atoms with Gasteiger partial charge in [-0.15, -0.1) is 0 Å². The molecule has 1 aromatic heterocycles. The Labute approximate surface area is 83.6 Å². The topological polar surface area (TPSA) is 82.3 Å². The quantitative estimate of drug-likeness (QED) is 0.424. The molecule has 6 nitrogen and oxygen atoms in total. The largest absolute Gasteiger partial charge is 0.463 e. The first-order chi connectivity index (χ1) is 6.54. The summed E-state index contributed by atoms with van der Waals surface area (Å²) in [6.45, 7) is 0. The van der Waals surface area contributed by atoms with Crippen LogP contribution in [0.2, 0.25) is 5.02 Å². The van der Waals surface area contributed by atoms with Crippen molar-refractivity contribution in [2.45, 2.75) is 0 Å². The molecule has 0 fully saturated rings. The minimum Gasteiger partial charge on any atom is -0.463 e. The van der Waals surface area contributed by atoms with Crippen molar-refractivity contribution in [1.82, 2.24) is 4.98 Å². The molecule has 0 radical (unpaired) electrons. The molecule has 0 bridgehead atoms. The van der Waals surface area contributed by atoms with Crippen molar-refractivity contribution in [2.24, 2.45) is 0 Å². The van der Waals surface area contributed by atoms with Crippen molar-refractivity contribution < 1.29 is 14.5 Å². The summed E-state index contributed by atoms with van der Waals surface area (Å²) in [5, 5.41) is 10.4. The zero-order chi connectivity index (χ0) is 10.7. The zero-order valence-electron chi connectivity index (χ0n) is 7.06. The number of ether oxygens (including phenoxy) is 1. The lowest BCUT2D eigenvalue weighted by Crippen LogP contribution is -2.05. The lowest BCUT2D eigenvalue weighted by atomic mass is 10.3. The van der Waals surface area contributed by atoms with E-state index in [2.05, 4.69) is 9.72 Å². The molecule has 1 rings (SSSR count). The molecule has 0 N–H and O–H groups in total. The Morgan fingerprint density at radius 1 is 1.64 bits per heavy atom. The first-order valence-electron chi connectivity index (χ1n) is 3.45. The minimum atomic E-state index is -0.768. The SMILES string of the molecule is COC(=O)c1cc(Cl)cc([N+](=O)[O-])n1. The van der Waals surface area contributed by atoms with E-state index in [0.29, 0.717) is 0 Å². The van der Waals surface area contributed by atoms with Crippen LogP contribution < -0.4 is 0 Å². The first kappa shape index (κ1) is 10.4. The highest BCUT2D eigenvalue weighted by Crippen LogP contribution is 2.17. The summed E-state index contributed by atoms with van der Waals surface area (Å²) in [4.78, 5) is 24.0. The third kappa shape index (κ3) is 2.17. The molecule has 0 aliphatic carbocycles. The molecule has 0 aliphatic heterocycles. The van der Waals surface area contributed by atoms with Gasteiger partial charge in [0, 0.05) is 6.07 Å². The van der Waals surface area contributed by atoms with Crippen molar-refractivity contribution in [3.05, 3.63) is 33.0 Å². The van der Waals surface area contributed by atoms with Gasteiger partial charge in [-0.1, -0.05) is 11.6 Å². The molecule has 0 unspecified atom stereocenters. The third-order valence-electron chi connectivity index (χ3n) is 1.36. The summed E-state index contributed by atoms with van der Waals surface area (Å²) in [6.07, 6.45) is 0. The summed E-state index contributed by atoms with van der Waals surface area (Å²) in [5.74, 6) is -1.26. The van der Waals surface area contributed by atoms with E-state index in [-0.39, 0.29) is 10.7 Å². The number of methoxy groups -OCH3 is 1. The summed E-state index contributed by atoms with van der Waals surface area (Å²) in [5.41, 5.74) is -0.188. The van der Waals surface area contributed by atoms with E-state index >= 15 is 0 Å². The average Bonchev–Trinajstić information content (AvgIpc) is 2.15. The fourth-order valence-corrected chi connectivity index (χ4v) is 0.987. The Hall–Kier alpha value is -1.69. The molecule has 0 aliphatic rings. The monoisotopic (exact) mass is 216 g/mol. The van der Waals surface area contributed by atoms with Crippen LogP contribution in [0.25, 0.3) is 0 Å². The summed E-state index contributed by atoms with van der Waals surface area (Å²) < 4.78 is 4.34. The van der Waals surface area contributed by atoms with Crippen molar-refractivity contribution in [3.63, 3.8) is 0 Å². The van der Waals surface area contributed by atoms with Gasteiger partial charge in [-0.3, -0.25) is 0 Å². The smallest absolute Gasteiger partial charge is 0.382 e. The summed E-state index contributed by atoms with van der Waals surface area (Å²) >= 11 is 5.54. The minimum absolute atomic E-state index is 0.0621. The molecule has 0 saturated carbocycles. The molecule has 0 aromatic carbocycles. The van der Waals surface area contributed by atoms with Gasteiger partial charge in [-0.25, -0.2) is 4.79 Å². The van der Waals surface area contributed by atoms with E-state index in [0.717, 1.165) is 13.2 Å². The standard InChI is InChI=1S/C7H5ClN2O4/c1-14-7(11)5-2-4(8)3-6(9-5)10(12)13/h2-3H,1H3. The number of halogens is 1. The van der Waals surface area contributed by atoms with Crippen LogP contribution in [0.1, 0.15) is 10.5 Å². The predicted octanol–water partition coefficient (Wildman–Crippen LogP) is 1.43. The molecule has 0 atom stereocenters. The normalized spacial score (nSPS) is 9.57. The van der Waals surface area contributed by atoms with Crippen molar-refractivity contribution in [3.8, 4) is 0 Å². The molecule has 0 spiro atoms. The number of hydrogen-bond donors (Lipinski definition) is 0. The second kappa shape index (κ2) is 4.01. The second-order valence-corrected chi connectivity index (χ2v) is 2.71. The van der Waals surface area contributed by atoms with Crippen LogP contribution >= 0.6 is 11.6 Å². The van der Waals surface area contributed by atoms with Crippen LogP contribution in [0.15, 0.2) is 12.1 Å². The fraction of sp³-hybridized carbons (Fsp3) is 0.143. The van der Waals surface area contributed by atoms with Gasteiger partial charge in [0.2, 0.25) is 0 Å². The number of rotatable bonds is 2. The van der Waals surface area contributed by atoms with Gasteiger partial charge in [-0.2, -0.15) is 0 Å². The van der Waals surface area contributed by atoms with Crippen LogP contribution in [0, 0.1) is 10.1 Å². The van der Waals surface area contributed by atoms with E-state index < -0.39 is 16.7 Å². The highest BCUT2D eigenvalue weighted by molar-refractivity contribution is 6.31. The van der Waals surface area contributed by atoms with Gasteiger partial charge < -0.3 is 14.9 Å². The van der Waals surface area contributed by atoms with Crippen molar-refractivity contribution in [1.29, 1.82) is 0 Å². The van der Waals surface area contributed by atoms with Gasteiger partial charge in [0.1, 0.15) is 0 Å². The molecule has 14 heavy (non-hydrogen) atoms. The lowest BCUT2D eigenvalue weighted by Gasteiger charge is -1.96. The van der Waals surface area contributed by atoms with Crippen molar-refractivity contribution >= 4 is 23.4 Å². The molecule has 0 saturated heterocycles. The maximum absolute atomic E-state index is 11.0. The Kier molecular flexibility index (Phi) is 2.98. The Morgan fingerprint density at radius 2 is 2.29 bits per heavy atom. The van der Waals surface area contributed by atoms with Gasteiger partial charge >= 0.3 is 11.8 Å². The number of carbonyl (C=O) groups excluding carboxylic acids is 1. The number of nitro groups is 1. The number of nitrogens with zero attached hydrogens (tertiary/aromatic N) is 2. The predicted molar refractivity (Wildman–Crippen MR) is 47.2 cm³/mol. The highest BCUT2D eigenvalue weighted by atomic mass is 35.5. The van der Waals surface area contributed by atoms with Crippen LogP contribution in [0.4, 0.5) is 5.82 Å². The maximum atomic E-state index is 11.0. The molecule has 7 heteroatoms. The number of carbonyl (C=O) groups is 1. The van der Waals surface area contributed by atoms with Crippen LogP contribution in [-0.2, 0) is 4.74 Å². The molecular weight excluding hydrogens is 212 g/mol. The van der Waals surface area contributed by atoms with E-state index in [1.165, 1.54) is 6.07 Å². The number of pyridine rings is 1. The number of esters is 1. The van der Waals surface area contributed by atoms with Gasteiger partial charge in [0.25, 0.3) is 5.69 Å². The van der Waals surface area contributed by atoms with Crippen molar-refractivity contribution in [2.75, 3.05) is 7.11 Å². The molecule has 1 heterocycles. The average molecular weight is 217 g/mol. The van der Waals surface area contributed by atoms with E-state index in [4.69, 9.17) is 11.6 Å². The molecule has 1 aromatic rings. The zero-order valence-corrected chi connectivity index (χ0v) is 7.82. The molecular formula is C7H5ClN2O4. The van der Waals surface area contributed by atoms with E-state index in [1.807, 2.05) is 0 Å². The van der Waals surface area contributed by atoms with E-state index in [1.54, 1.807) is 0 Å². The van der Waals surface area contributed by atoms with Gasteiger partial charge in [-0.05, 0) is 9.91 Å². The Balaban J connectivity index is 3.20. The molecule has 0 amide bonds. The summed E-state index contributed by atoms with van der Waals surface area (Å²) in [6, 6.07) is 2.24. The third-order valence-corrected chi connectivity index (χ3v) is 1.58. The highest BCUT2D eigenvalue weighted by Gasteiger charge is 2.18. The van der Waals surface area contributed by atoms with Gasteiger partial charge in [0.05, 0.1) is 18.2 Å². The first-order valence-corrected chi connectivity index (χ1v) is 3.82. The number of aromatic nitrogens is 1.